The summed E-state index contributed by atoms with van der Waals surface area (Å²) in [5.74, 6) is 0.208. The molecule has 2 heterocycles. The van der Waals surface area contributed by atoms with Crippen molar-refractivity contribution in [3.8, 4) is 24.3 Å². The summed E-state index contributed by atoms with van der Waals surface area (Å²) in [5, 5.41) is 41.9. The van der Waals surface area contributed by atoms with Crippen molar-refractivity contribution in [2.45, 2.75) is 110 Å². The molecular weight excluding hydrogens is 532 g/mol. The minimum absolute atomic E-state index is 0.0563. The van der Waals surface area contributed by atoms with Crippen molar-refractivity contribution >= 4 is 43.9 Å². The summed E-state index contributed by atoms with van der Waals surface area (Å²) < 4.78 is 12.6. The Morgan fingerprint density at radius 2 is 1.09 bits per heavy atom. The molecule has 0 aliphatic carbocycles. The maximum Gasteiger partial charge on any atom is 0.172 e. The monoisotopic (exact) mass is 572 g/mol. The first-order chi connectivity index (χ1) is 21.0. The van der Waals surface area contributed by atoms with E-state index >= 15 is 0 Å². The Kier molecular flexibility index (Phi) is 11.0. The van der Waals surface area contributed by atoms with Crippen LogP contribution in [0.2, 0.25) is 0 Å². The molecule has 0 aliphatic rings. The van der Waals surface area contributed by atoms with Gasteiger partial charge in [0.2, 0.25) is 0 Å². The maximum absolute atomic E-state index is 9.61. The lowest BCUT2D eigenvalue weighted by Gasteiger charge is -2.15. The smallest absolute Gasteiger partial charge is 0.172 e. The summed E-state index contributed by atoms with van der Waals surface area (Å²) in [4.78, 5) is 0. The van der Waals surface area contributed by atoms with Gasteiger partial charge in [-0.05, 0) is 60.6 Å². The first kappa shape index (κ1) is 31.4. The third-order valence-corrected chi connectivity index (χ3v) is 8.53. The molecule has 6 heteroatoms. The molecule has 0 aliphatic heterocycles. The summed E-state index contributed by atoms with van der Waals surface area (Å²) in [6, 6.07) is 15.8. The summed E-state index contributed by atoms with van der Waals surface area (Å²) in [6.07, 6.45) is 14.8. The molecule has 43 heavy (non-hydrogen) atoms. The largest absolute Gasteiger partial charge is 0.454 e. The molecule has 0 bridgehead atoms. The number of hydrogen-bond donors (Lipinski definition) is 0. The van der Waals surface area contributed by atoms with Gasteiger partial charge in [0.05, 0.1) is 0 Å². The van der Waals surface area contributed by atoms with Gasteiger partial charge >= 0.3 is 0 Å². The normalized spacial score (nSPS) is 11.7. The van der Waals surface area contributed by atoms with E-state index in [1.54, 1.807) is 0 Å². The van der Waals surface area contributed by atoms with E-state index in [1.165, 1.54) is 51.4 Å². The van der Waals surface area contributed by atoms with Crippen molar-refractivity contribution in [3.05, 3.63) is 46.2 Å². The van der Waals surface area contributed by atoms with Gasteiger partial charge in [-0.2, -0.15) is 21.0 Å². The van der Waals surface area contributed by atoms with Crippen LogP contribution in [0.4, 0.5) is 0 Å². The van der Waals surface area contributed by atoms with Gasteiger partial charge in [0, 0.05) is 21.5 Å². The molecule has 2 aromatic heterocycles. The minimum Gasteiger partial charge on any atom is -0.454 e. The highest BCUT2D eigenvalue weighted by Gasteiger charge is 2.21. The van der Waals surface area contributed by atoms with Crippen molar-refractivity contribution in [2.24, 2.45) is 0 Å². The first-order valence-electron chi connectivity index (χ1n) is 15.8. The fourth-order valence-electron chi connectivity index (χ4n) is 6.09. The average molecular weight is 573 g/mol. The van der Waals surface area contributed by atoms with E-state index in [0.717, 1.165) is 64.8 Å². The molecule has 4 aromatic rings. The number of rotatable bonds is 14. The Bertz CT molecular complexity index is 1860. The van der Waals surface area contributed by atoms with Crippen LogP contribution in [0.15, 0.2) is 33.1 Å². The van der Waals surface area contributed by atoms with Gasteiger partial charge in [-0.1, -0.05) is 85.0 Å². The second-order valence-electron chi connectivity index (χ2n) is 11.6. The molecule has 0 amide bonds. The zero-order valence-electron chi connectivity index (χ0n) is 25.7. The van der Waals surface area contributed by atoms with Gasteiger partial charge in [-0.25, -0.2) is 0 Å². The molecule has 0 unspecified atom stereocenters. The van der Waals surface area contributed by atoms with E-state index in [2.05, 4.69) is 32.9 Å². The zero-order valence-corrected chi connectivity index (χ0v) is 25.7. The summed E-state index contributed by atoms with van der Waals surface area (Å²) in [7, 11) is 0. The van der Waals surface area contributed by atoms with Crippen LogP contribution >= 0.6 is 0 Å². The van der Waals surface area contributed by atoms with Gasteiger partial charge < -0.3 is 8.83 Å². The number of hydrogen-bond acceptors (Lipinski definition) is 6. The fourth-order valence-corrected chi connectivity index (χ4v) is 6.09. The molecule has 0 fully saturated rings. The summed E-state index contributed by atoms with van der Waals surface area (Å²) in [6.45, 7) is 6.64. The molecule has 0 saturated heterocycles. The van der Waals surface area contributed by atoms with E-state index in [4.69, 9.17) is 8.83 Å². The van der Waals surface area contributed by atoms with Crippen LogP contribution < -0.4 is 10.8 Å². The second-order valence-corrected chi connectivity index (χ2v) is 11.6. The van der Waals surface area contributed by atoms with Crippen molar-refractivity contribution in [1.82, 2.24) is 0 Å². The van der Waals surface area contributed by atoms with Crippen LogP contribution in [0.5, 0.6) is 0 Å². The van der Waals surface area contributed by atoms with Crippen LogP contribution in [0.1, 0.15) is 115 Å². The predicted octanol–water partition coefficient (Wildman–Crippen LogP) is 9.09. The molecule has 0 radical (unpaired) electrons. The molecule has 0 spiro atoms. The Balaban J connectivity index is 1.95. The molecule has 2 aromatic carbocycles. The zero-order chi connectivity index (χ0) is 30.8. The lowest BCUT2D eigenvalue weighted by Crippen LogP contribution is -1.98. The van der Waals surface area contributed by atoms with E-state index in [0.29, 0.717) is 11.2 Å². The topological polar surface area (TPSA) is 121 Å². The standard InChI is InChI=1S/C37H40N4O2/c1-4-6-8-10-12-14-16-26-17-31-32(36-30(26)19-34(42-36)27(21-38)22-39)18-29(25(3)15-13-11-9-7-5-2)33-20-35(43-37(31)33)28(23-40)24-41/h17-20,25H,4-16H2,1-3H3/t25-/m0/s1. The van der Waals surface area contributed by atoms with Gasteiger partial charge in [0.15, 0.2) is 22.0 Å². The SMILES string of the molecule is CCCCCCCCc1cc2c(cc([C@@H](C)CCCCCCC)c3cc(=C(C#N)C#N)oc32)c2oc(=C(C#N)C#N)cc12. The van der Waals surface area contributed by atoms with Crippen molar-refractivity contribution in [1.29, 1.82) is 21.0 Å². The number of furan rings is 2. The predicted molar refractivity (Wildman–Crippen MR) is 171 cm³/mol. The third-order valence-electron chi connectivity index (χ3n) is 8.53. The number of unbranched alkanes of at least 4 members (excludes halogenated alkanes) is 9. The fraction of sp³-hybridized carbons (Fsp3) is 0.459. The van der Waals surface area contributed by atoms with E-state index in [9.17, 15) is 21.0 Å². The number of aryl methyl sites for hydroxylation is 1. The Morgan fingerprint density at radius 3 is 1.67 bits per heavy atom. The Labute approximate surface area is 254 Å². The molecule has 0 N–H and O–H groups in total. The van der Waals surface area contributed by atoms with E-state index in [-0.39, 0.29) is 27.9 Å². The lowest BCUT2D eigenvalue weighted by molar-refractivity contribution is 0.567. The molecule has 220 valence electrons. The summed E-state index contributed by atoms with van der Waals surface area (Å²) in [5.41, 5.74) is 3.85. The van der Waals surface area contributed by atoms with Crippen molar-refractivity contribution < 1.29 is 8.83 Å². The molecule has 6 nitrogen and oxygen atoms in total. The van der Waals surface area contributed by atoms with Gasteiger partial charge in [-0.15, -0.1) is 0 Å². The van der Waals surface area contributed by atoms with Gasteiger partial charge in [-0.3, -0.25) is 0 Å². The van der Waals surface area contributed by atoms with Crippen molar-refractivity contribution in [2.75, 3.05) is 0 Å². The number of nitrogens with zero attached hydrogens (tertiary/aromatic N) is 4. The highest BCUT2D eigenvalue weighted by Crippen LogP contribution is 2.39. The first-order valence-corrected chi connectivity index (χ1v) is 15.8. The highest BCUT2D eigenvalue weighted by molar-refractivity contribution is 6.16. The Morgan fingerprint density at radius 1 is 0.605 bits per heavy atom. The highest BCUT2D eigenvalue weighted by atomic mass is 16.3. The average Bonchev–Trinajstić information content (AvgIpc) is 3.66. The number of fused-ring (bicyclic) bond motifs is 5. The van der Waals surface area contributed by atoms with Crippen LogP contribution in [0.25, 0.3) is 43.9 Å². The van der Waals surface area contributed by atoms with Crippen LogP contribution in [-0.2, 0) is 6.42 Å². The van der Waals surface area contributed by atoms with Gasteiger partial charge in [0.1, 0.15) is 35.4 Å². The molecular formula is C37H40N4O2. The molecule has 0 saturated carbocycles. The van der Waals surface area contributed by atoms with E-state index < -0.39 is 0 Å². The quantitative estimate of drug-likeness (QED) is 0.139. The lowest BCUT2D eigenvalue weighted by atomic mass is 9.88. The molecule has 4 rings (SSSR count). The molecule has 1 atom stereocenters. The summed E-state index contributed by atoms with van der Waals surface area (Å²) >= 11 is 0. The minimum atomic E-state index is -0.0570. The maximum atomic E-state index is 9.61. The number of nitriles is 4. The Hall–Kier alpha value is -4.52. The van der Waals surface area contributed by atoms with Crippen LogP contribution in [0, 0.1) is 45.3 Å². The third kappa shape index (κ3) is 6.94. The van der Waals surface area contributed by atoms with E-state index in [1.807, 2.05) is 36.4 Å². The second kappa shape index (κ2) is 15.1. The van der Waals surface area contributed by atoms with Gasteiger partial charge in [0.25, 0.3) is 0 Å². The van der Waals surface area contributed by atoms with Crippen LogP contribution in [0.3, 0.4) is 0 Å². The van der Waals surface area contributed by atoms with Crippen LogP contribution in [-0.4, -0.2) is 0 Å². The van der Waals surface area contributed by atoms with Crippen molar-refractivity contribution in [3.63, 3.8) is 0 Å². The number of benzene rings is 2.